The van der Waals surface area contributed by atoms with Gasteiger partial charge in [-0.25, -0.2) is 9.37 Å². The molecule has 0 atom stereocenters. The lowest BCUT2D eigenvalue weighted by molar-refractivity contribution is 0.111. The van der Waals surface area contributed by atoms with Gasteiger partial charge in [-0.05, 0) is 18.2 Å². The highest BCUT2D eigenvalue weighted by Gasteiger charge is 2.08. The average Bonchev–Trinajstić information content (AvgIpc) is 2.78. The molecule has 1 aromatic carbocycles. The summed E-state index contributed by atoms with van der Waals surface area (Å²) in [4.78, 5) is 14.6. The molecule has 0 saturated heterocycles. The zero-order valence-corrected chi connectivity index (χ0v) is 9.25. The van der Waals surface area contributed by atoms with Crippen LogP contribution in [0.3, 0.4) is 0 Å². The summed E-state index contributed by atoms with van der Waals surface area (Å²) in [6.45, 7) is 0. The normalized spacial score (nSPS) is 10.1. The number of benzene rings is 1. The largest absolute Gasteiger partial charge is 0.494 e. The van der Waals surface area contributed by atoms with Crippen molar-refractivity contribution in [1.82, 2.24) is 4.98 Å². The van der Waals surface area contributed by atoms with E-state index in [1.165, 1.54) is 24.5 Å². The molecular formula is C11H8FNO2S. The minimum atomic E-state index is -0.418. The van der Waals surface area contributed by atoms with E-state index in [9.17, 15) is 9.18 Å². The fourth-order valence-corrected chi connectivity index (χ4v) is 2.03. The maximum absolute atomic E-state index is 13.2. The van der Waals surface area contributed by atoms with Gasteiger partial charge in [-0.1, -0.05) is 0 Å². The first kappa shape index (κ1) is 10.8. The molecule has 0 saturated carbocycles. The van der Waals surface area contributed by atoms with E-state index in [1.807, 2.05) is 0 Å². The molecule has 0 aliphatic carbocycles. The highest BCUT2D eigenvalue weighted by molar-refractivity contribution is 7.13. The van der Waals surface area contributed by atoms with Crippen molar-refractivity contribution in [2.75, 3.05) is 7.11 Å². The molecule has 1 heterocycles. The number of rotatable bonds is 3. The van der Waals surface area contributed by atoms with Crippen molar-refractivity contribution in [3.63, 3.8) is 0 Å². The Bertz CT molecular complexity index is 524. The van der Waals surface area contributed by atoms with E-state index >= 15 is 0 Å². The van der Waals surface area contributed by atoms with Crippen molar-refractivity contribution in [2.45, 2.75) is 0 Å². The lowest BCUT2D eigenvalue weighted by Crippen LogP contribution is -1.88. The molecule has 0 amide bonds. The molecule has 0 N–H and O–H groups in total. The summed E-state index contributed by atoms with van der Waals surface area (Å²) in [5.41, 5.74) is 1.11. The maximum Gasteiger partial charge on any atom is 0.169 e. The van der Waals surface area contributed by atoms with Gasteiger partial charge in [0.05, 0.1) is 7.11 Å². The van der Waals surface area contributed by atoms with Crippen LogP contribution in [0.2, 0.25) is 0 Å². The first-order valence-electron chi connectivity index (χ1n) is 4.49. The summed E-state index contributed by atoms with van der Waals surface area (Å²) in [6.07, 6.45) is 0.681. The Hall–Kier alpha value is -1.75. The number of thiazole rings is 1. The van der Waals surface area contributed by atoms with Crippen LogP contribution < -0.4 is 4.74 Å². The van der Waals surface area contributed by atoms with Crippen molar-refractivity contribution in [3.8, 4) is 16.3 Å². The first-order valence-corrected chi connectivity index (χ1v) is 5.37. The predicted molar refractivity (Wildman–Crippen MR) is 59.4 cm³/mol. The quantitative estimate of drug-likeness (QED) is 0.770. The highest BCUT2D eigenvalue weighted by atomic mass is 32.1. The Morgan fingerprint density at radius 1 is 1.50 bits per heavy atom. The zero-order valence-electron chi connectivity index (χ0n) is 8.44. The Morgan fingerprint density at radius 2 is 2.31 bits per heavy atom. The molecule has 1 aromatic heterocycles. The number of aromatic nitrogens is 1. The van der Waals surface area contributed by atoms with E-state index < -0.39 is 5.82 Å². The van der Waals surface area contributed by atoms with Gasteiger partial charge in [-0.2, -0.15) is 0 Å². The van der Waals surface area contributed by atoms with Gasteiger partial charge in [0.15, 0.2) is 17.9 Å². The second-order valence-electron chi connectivity index (χ2n) is 3.04. The van der Waals surface area contributed by atoms with Crippen molar-refractivity contribution in [3.05, 3.63) is 35.1 Å². The van der Waals surface area contributed by atoms with Crippen LogP contribution in [0.5, 0.6) is 5.75 Å². The molecule has 3 nitrogen and oxygen atoms in total. The minimum absolute atomic E-state index is 0.167. The van der Waals surface area contributed by atoms with Crippen LogP contribution in [0, 0.1) is 5.82 Å². The first-order chi connectivity index (χ1) is 7.74. The molecule has 0 spiro atoms. The van der Waals surface area contributed by atoms with E-state index in [0.717, 1.165) is 5.56 Å². The molecule has 82 valence electrons. The summed E-state index contributed by atoms with van der Waals surface area (Å²) >= 11 is 1.33. The average molecular weight is 237 g/mol. The fraction of sp³-hybridized carbons (Fsp3) is 0.0909. The van der Waals surface area contributed by atoms with Crippen molar-refractivity contribution in [2.24, 2.45) is 0 Å². The van der Waals surface area contributed by atoms with E-state index in [-0.39, 0.29) is 5.75 Å². The van der Waals surface area contributed by atoms with Gasteiger partial charge in [0.1, 0.15) is 10.7 Å². The van der Waals surface area contributed by atoms with Crippen LogP contribution in [0.1, 0.15) is 10.5 Å². The van der Waals surface area contributed by atoms with Crippen LogP contribution >= 0.6 is 11.3 Å². The van der Waals surface area contributed by atoms with Gasteiger partial charge in [0.25, 0.3) is 0 Å². The molecule has 2 rings (SSSR count). The second-order valence-corrected chi connectivity index (χ2v) is 3.90. The van der Waals surface area contributed by atoms with Gasteiger partial charge >= 0.3 is 0 Å². The standard InChI is InChI=1S/C11H8FNO2S/c1-15-10-4-7(2-3-9(10)12)11-13-8(5-14)6-16-11/h2-6H,1H3. The van der Waals surface area contributed by atoms with Gasteiger partial charge in [0.2, 0.25) is 0 Å². The number of hydrogen-bond donors (Lipinski definition) is 0. The van der Waals surface area contributed by atoms with E-state index in [1.54, 1.807) is 17.5 Å². The zero-order chi connectivity index (χ0) is 11.5. The number of nitrogens with zero attached hydrogens (tertiary/aromatic N) is 1. The molecule has 2 aromatic rings. The number of halogens is 1. The molecule has 5 heteroatoms. The predicted octanol–water partition coefficient (Wildman–Crippen LogP) is 2.77. The molecule has 0 aliphatic heterocycles. The summed E-state index contributed by atoms with van der Waals surface area (Å²) in [7, 11) is 1.40. The van der Waals surface area contributed by atoms with Gasteiger partial charge in [0, 0.05) is 10.9 Å². The molecular weight excluding hydrogens is 229 g/mol. The molecule has 16 heavy (non-hydrogen) atoms. The van der Waals surface area contributed by atoms with Crippen molar-refractivity contribution < 1.29 is 13.9 Å². The number of methoxy groups -OCH3 is 1. The SMILES string of the molecule is COc1cc(-c2nc(C=O)cs2)ccc1F. The molecule has 0 radical (unpaired) electrons. The Labute approximate surface area is 95.5 Å². The van der Waals surface area contributed by atoms with Crippen LogP contribution in [-0.4, -0.2) is 18.4 Å². The number of carbonyl (C=O) groups excluding carboxylic acids is 1. The third-order valence-corrected chi connectivity index (χ3v) is 2.95. The summed E-state index contributed by atoms with van der Waals surface area (Å²) in [6, 6.07) is 4.48. The van der Waals surface area contributed by atoms with Gasteiger partial charge in [-0.15, -0.1) is 11.3 Å². The monoisotopic (exact) mass is 237 g/mol. The van der Waals surface area contributed by atoms with Crippen molar-refractivity contribution in [1.29, 1.82) is 0 Å². The number of carbonyl (C=O) groups is 1. The molecule has 0 aliphatic rings. The summed E-state index contributed by atoms with van der Waals surface area (Å²) in [5.74, 6) is -0.251. The molecule has 0 fully saturated rings. The molecule has 0 unspecified atom stereocenters. The smallest absolute Gasteiger partial charge is 0.169 e. The van der Waals surface area contributed by atoms with Gasteiger partial charge in [-0.3, -0.25) is 4.79 Å². The molecule has 0 bridgehead atoms. The van der Waals surface area contributed by atoms with E-state index in [4.69, 9.17) is 4.74 Å². The van der Waals surface area contributed by atoms with Crippen LogP contribution in [-0.2, 0) is 0 Å². The van der Waals surface area contributed by atoms with E-state index in [2.05, 4.69) is 4.98 Å². The lowest BCUT2D eigenvalue weighted by atomic mass is 10.2. The lowest BCUT2D eigenvalue weighted by Gasteiger charge is -2.03. The maximum atomic E-state index is 13.2. The Morgan fingerprint density at radius 3 is 2.94 bits per heavy atom. The van der Waals surface area contributed by atoms with Crippen LogP contribution in [0.15, 0.2) is 23.6 Å². The fourth-order valence-electron chi connectivity index (χ4n) is 1.27. The third-order valence-electron chi connectivity index (χ3n) is 2.04. The number of ether oxygens (including phenoxy) is 1. The Kier molecular flexibility index (Phi) is 2.96. The van der Waals surface area contributed by atoms with Crippen LogP contribution in [0.25, 0.3) is 10.6 Å². The Balaban J connectivity index is 2.43. The van der Waals surface area contributed by atoms with Gasteiger partial charge < -0.3 is 4.74 Å². The second kappa shape index (κ2) is 4.40. The highest BCUT2D eigenvalue weighted by Crippen LogP contribution is 2.28. The topological polar surface area (TPSA) is 39.2 Å². The summed E-state index contributed by atoms with van der Waals surface area (Å²) in [5, 5.41) is 2.32. The number of aldehydes is 1. The minimum Gasteiger partial charge on any atom is -0.494 e. The third kappa shape index (κ3) is 1.94. The number of hydrogen-bond acceptors (Lipinski definition) is 4. The van der Waals surface area contributed by atoms with E-state index in [0.29, 0.717) is 17.0 Å². The van der Waals surface area contributed by atoms with Crippen molar-refractivity contribution >= 4 is 17.6 Å². The summed E-state index contributed by atoms with van der Waals surface area (Å²) < 4.78 is 18.0. The van der Waals surface area contributed by atoms with Crippen LogP contribution in [0.4, 0.5) is 4.39 Å².